The third-order valence-corrected chi connectivity index (χ3v) is 6.63. The SMILES string of the molecule is CN=C(NCC1(C(=O)N(C)C)CCCC1)NC1C2CCOC2C1(C)C.I. The van der Waals surface area contributed by atoms with Gasteiger partial charge in [-0.05, 0) is 19.3 Å². The van der Waals surface area contributed by atoms with Gasteiger partial charge in [0.15, 0.2) is 5.96 Å². The van der Waals surface area contributed by atoms with E-state index < -0.39 is 0 Å². The Morgan fingerprint density at radius 2 is 1.92 bits per heavy atom. The van der Waals surface area contributed by atoms with Crippen LogP contribution in [0, 0.1) is 16.7 Å². The summed E-state index contributed by atoms with van der Waals surface area (Å²) in [5, 5.41) is 7.06. The number of guanidine groups is 1. The Morgan fingerprint density at radius 3 is 2.50 bits per heavy atom. The van der Waals surface area contributed by atoms with E-state index in [1.807, 2.05) is 14.1 Å². The standard InChI is InChI=1S/C19H34N4O2.HI/c1-18(2)14(13-8-11-25-15(13)18)22-17(20-3)21-12-19(9-6-7-10-19)16(24)23(4)5;/h13-15H,6-12H2,1-5H3,(H2,20,21,22);1H. The summed E-state index contributed by atoms with van der Waals surface area (Å²) in [7, 11) is 5.51. The van der Waals surface area contributed by atoms with E-state index in [0.717, 1.165) is 44.7 Å². The molecule has 0 bridgehead atoms. The van der Waals surface area contributed by atoms with E-state index in [-0.39, 0.29) is 40.7 Å². The van der Waals surface area contributed by atoms with E-state index in [1.54, 1.807) is 11.9 Å². The summed E-state index contributed by atoms with van der Waals surface area (Å²) in [6.07, 6.45) is 5.66. The van der Waals surface area contributed by atoms with Crippen molar-refractivity contribution in [2.75, 3.05) is 34.3 Å². The lowest BCUT2D eigenvalue weighted by atomic mass is 9.57. The Kier molecular flexibility index (Phi) is 6.86. The van der Waals surface area contributed by atoms with Crippen molar-refractivity contribution >= 4 is 35.8 Å². The van der Waals surface area contributed by atoms with Crippen LogP contribution in [0.15, 0.2) is 4.99 Å². The quantitative estimate of drug-likeness (QED) is 0.370. The monoisotopic (exact) mass is 478 g/mol. The summed E-state index contributed by atoms with van der Waals surface area (Å²) in [6, 6.07) is 0.371. The van der Waals surface area contributed by atoms with Crippen LogP contribution in [0.5, 0.6) is 0 Å². The molecule has 1 heterocycles. The Labute approximate surface area is 174 Å². The zero-order valence-electron chi connectivity index (χ0n) is 16.8. The van der Waals surface area contributed by atoms with Gasteiger partial charge in [0.05, 0.1) is 11.5 Å². The third kappa shape index (κ3) is 3.70. The third-order valence-electron chi connectivity index (χ3n) is 6.63. The molecule has 1 aliphatic heterocycles. The molecule has 6 nitrogen and oxygen atoms in total. The molecule has 1 saturated heterocycles. The van der Waals surface area contributed by atoms with Crippen LogP contribution in [0.2, 0.25) is 0 Å². The number of carbonyl (C=O) groups is 1. The lowest BCUT2D eigenvalue weighted by Crippen LogP contribution is -2.68. The van der Waals surface area contributed by atoms with Gasteiger partial charge < -0.3 is 20.3 Å². The van der Waals surface area contributed by atoms with E-state index in [2.05, 4.69) is 29.5 Å². The van der Waals surface area contributed by atoms with E-state index >= 15 is 0 Å². The average molecular weight is 478 g/mol. The summed E-state index contributed by atoms with van der Waals surface area (Å²) < 4.78 is 5.88. The summed E-state index contributed by atoms with van der Waals surface area (Å²) >= 11 is 0. The average Bonchev–Trinajstić information content (AvgIpc) is 3.23. The number of carbonyl (C=O) groups excluding carboxylic acids is 1. The van der Waals surface area contributed by atoms with Crippen LogP contribution in [0.4, 0.5) is 0 Å². The topological polar surface area (TPSA) is 66.0 Å². The molecule has 2 saturated carbocycles. The zero-order chi connectivity index (χ0) is 18.2. The number of amides is 1. The van der Waals surface area contributed by atoms with Crippen molar-refractivity contribution in [3.63, 3.8) is 0 Å². The Morgan fingerprint density at radius 1 is 1.27 bits per heavy atom. The van der Waals surface area contributed by atoms with Crippen LogP contribution >= 0.6 is 24.0 Å². The van der Waals surface area contributed by atoms with Crippen molar-refractivity contribution in [2.45, 2.75) is 58.1 Å². The first-order valence-electron chi connectivity index (χ1n) is 9.62. The van der Waals surface area contributed by atoms with Crippen LogP contribution in [0.3, 0.4) is 0 Å². The molecule has 0 spiro atoms. The molecule has 3 rings (SSSR count). The molecular formula is C19H35IN4O2. The normalized spacial score (nSPS) is 31.4. The largest absolute Gasteiger partial charge is 0.377 e. The van der Waals surface area contributed by atoms with Gasteiger partial charge in [-0.25, -0.2) is 0 Å². The smallest absolute Gasteiger partial charge is 0.230 e. The Balaban J connectivity index is 0.00000243. The molecule has 150 valence electrons. The highest BCUT2D eigenvalue weighted by Crippen LogP contribution is 2.52. The maximum Gasteiger partial charge on any atom is 0.230 e. The lowest BCUT2D eigenvalue weighted by Gasteiger charge is -2.55. The Hall–Kier alpha value is -0.570. The molecule has 2 aliphatic carbocycles. The molecule has 3 atom stereocenters. The van der Waals surface area contributed by atoms with Crippen molar-refractivity contribution in [2.24, 2.45) is 21.7 Å². The molecule has 3 unspecified atom stereocenters. The number of nitrogens with one attached hydrogen (secondary N) is 2. The van der Waals surface area contributed by atoms with Crippen LogP contribution < -0.4 is 10.6 Å². The molecular weight excluding hydrogens is 443 g/mol. The molecule has 3 fully saturated rings. The minimum absolute atomic E-state index is 0. The van der Waals surface area contributed by atoms with Gasteiger partial charge in [0.1, 0.15) is 0 Å². The number of ether oxygens (including phenoxy) is 1. The summed E-state index contributed by atoms with van der Waals surface area (Å²) in [5.74, 6) is 1.61. The molecule has 7 heteroatoms. The molecule has 0 aromatic carbocycles. The van der Waals surface area contributed by atoms with Crippen LogP contribution in [0.25, 0.3) is 0 Å². The number of halogens is 1. The maximum atomic E-state index is 12.7. The molecule has 0 aromatic rings. The van der Waals surface area contributed by atoms with Crippen molar-refractivity contribution in [1.29, 1.82) is 0 Å². The van der Waals surface area contributed by atoms with Gasteiger partial charge >= 0.3 is 0 Å². The molecule has 0 radical (unpaired) electrons. The maximum absolute atomic E-state index is 12.7. The zero-order valence-corrected chi connectivity index (χ0v) is 19.1. The highest BCUT2D eigenvalue weighted by atomic mass is 127. The van der Waals surface area contributed by atoms with E-state index in [0.29, 0.717) is 24.6 Å². The number of hydrogen-bond donors (Lipinski definition) is 2. The lowest BCUT2D eigenvalue weighted by molar-refractivity contribution is -0.138. The summed E-state index contributed by atoms with van der Waals surface area (Å²) in [5.41, 5.74) is -0.168. The number of fused-ring (bicyclic) bond motifs is 1. The van der Waals surface area contributed by atoms with Gasteiger partial charge in [0, 0.05) is 51.7 Å². The molecule has 1 amide bonds. The van der Waals surface area contributed by atoms with Crippen LogP contribution in [-0.4, -0.2) is 63.2 Å². The van der Waals surface area contributed by atoms with Gasteiger partial charge in [-0.2, -0.15) is 0 Å². The predicted molar refractivity (Wildman–Crippen MR) is 115 cm³/mol. The second kappa shape index (κ2) is 8.20. The first kappa shape index (κ1) is 21.7. The molecule has 26 heavy (non-hydrogen) atoms. The van der Waals surface area contributed by atoms with Crippen molar-refractivity contribution in [1.82, 2.24) is 15.5 Å². The number of hydrogen-bond acceptors (Lipinski definition) is 3. The van der Waals surface area contributed by atoms with Crippen molar-refractivity contribution < 1.29 is 9.53 Å². The van der Waals surface area contributed by atoms with Gasteiger partial charge in [0.2, 0.25) is 5.91 Å². The summed E-state index contributed by atoms with van der Waals surface area (Å²) in [4.78, 5) is 18.9. The highest BCUT2D eigenvalue weighted by molar-refractivity contribution is 14.0. The Bertz CT molecular complexity index is 544. The summed E-state index contributed by atoms with van der Waals surface area (Å²) in [6.45, 7) is 6.04. The number of rotatable bonds is 4. The highest BCUT2D eigenvalue weighted by Gasteiger charge is 2.59. The van der Waals surface area contributed by atoms with Crippen LogP contribution in [0.1, 0.15) is 46.0 Å². The van der Waals surface area contributed by atoms with Crippen molar-refractivity contribution in [3.05, 3.63) is 0 Å². The minimum atomic E-state index is -0.282. The molecule has 3 aliphatic rings. The van der Waals surface area contributed by atoms with Gasteiger partial charge in [-0.3, -0.25) is 9.79 Å². The van der Waals surface area contributed by atoms with E-state index in [1.165, 1.54) is 0 Å². The van der Waals surface area contributed by atoms with Gasteiger partial charge in [-0.15, -0.1) is 24.0 Å². The van der Waals surface area contributed by atoms with Gasteiger partial charge in [-0.1, -0.05) is 26.7 Å². The van der Waals surface area contributed by atoms with E-state index in [9.17, 15) is 4.79 Å². The molecule has 2 N–H and O–H groups in total. The number of aliphatic imine (C=N–C) groups is 1. The first-order chi connectivity index (χ1) is 11.8. The second-order valence-corrected chi connectivity index (χ2v) is 8.80. The van der Waals surface area contributed by atoms with Crippen molar-refractivity contribution in [3.8, 4) is 0 Å². The minimum Gasteiger partial charge on any atom is -0.377 e. The fourth-order valence-electron chi connectivity index (χ4n) is 5.20. The predicted octanol–water partition coefficient (Wildman–Crippen LogP) is 2.23. The second-order valence-electron chi connectivity index (χ2n) is 8.80. The molecule has 0 aromatic heterocycles. The van der Waals surface area contributed by atoms with E-state index in [4.69, 9.17) is 4.74 Å². The van der Waals surface area contributed by atoms with Crippen LogP contribution in [-0.2, 0) is 9.53 Å². The van der Waals surface area contributed by atoms with Gasteiger partial charge in [0.25, 0.3) is 0 Å². The fourth-order valence-corrected chi connectivity index (χ4v) is 5.20. The first-order valence-corrected chi connectivity index (χ1v) is 9.62. The fraction of sp³-hybridized carbons (Fsp3) is 0.895. The number of nitrogens with zero attached hydrogens (tertiary/aromatic N) is 2.